The molecule has 0 aliphatic heterocycles. The van der Waals surface area contributed by atoms with Crippen molar-refractivity contribution in [1.29, 1.82) is 0 Å². The van der Waals surface area contributed by atoms with Crippen molar-refractivity contribution in [3.63, 3.8) is 0 Å². The van der Waals surface area contributed by atoms with Crippen molar-refractivity contribution in [1.82, 2.24) is 5.43 Å². The van der Waals surface area contributed by atoms with Crippen LogP contribution < -0.4 is 25.0 Å². The highest BCUT2D eigenvalue weighted by Crippen LogP contribution is 2.25. The fourth-order valence-electron chi connectivity index (χ4n) is 2.19. The Morgan fingerprint density at radius 3 is 2.36 bits per heavy atom. The van der Waals surface area contributed by atoms with E-state index < -0.39 is 0 Å². The van der Waals surface area contributed by atoms with Crippen molar-refractivity contribution >= 4 is 28.7 Å². The quantitative estimate of drug-likeness (QED) is 0.468. The first-order valence-corrected chi connectivity index (χ1v) is 7.96. The number of nitrogens with zero attached hydrogens (tertiary/aromatic N) is 1. The molecule has 7 heteroatoms. The second kappa shape index (κ2) is 8.89. The Bertz CT molecular complexity index is 778. The van der Waals surface area contributed by atoms with Gasteiger partial charge < -0.3 is 19.5 Å². The number of rotatable bonds is 6. The van der Waals surface area contributed by atoms with Gasteiger partial charge in [0.05, 0.1) is 32.7 Å². The summed E-state index contributed by atoms with van der Waals surface area (Å²) >= 11 is 5.28. The van der Waals surface area contributed by atoms with E-state index in [1.54, 1.807) is 21.3 Å². The van der Waals surface area contributed by atoms with Gasteiger partial charge in [-0.2, -0.15) is 5.10 Å². The van der Waals surface area contributed by atoms with E-state index in [1.165, 1.54) is 0 Å². The van der Waals surface area contributed by atoms with Crippen LogP contribution in [0.3, 0.4) is 0 Å². The standard InChI is InChI=1S/C18H21N3O3S/c1-12(14-11-13(22-2)9-10-16(14)23-3)20-21-18(25)19-15-7-5-6-8-17(15)24-4/h5-11H,1-4H3,(H2,19,21,25)/b20-12-. The van der Waals surface area contributed by atoms with Gasteiger partial charge >= 0.3 is 0 Å². The van der Waals surface area contributed by atoms with E-state index >= 15 is 0 Å². The van der Waals surface area contributed by atoms with E-state index in [2.05, 4.69) is 15.8 Å². The number of hydrogen-bond donors (Lipinski definition) is 2. The first-order chi connectivity index (χ1) is 12.1. The summed E-state index contributed by atoms with van der Waals surface area (Å²) in [5.74, 6) is 2.12. The van der Waals surface area contributed by atoms with Crippen molar-refractivity contribution in [2.24, 2.45) is 5.10 Å². The predicted molar refractivity (Wildman–Crippen MR) is 104 cm³/mol. The summed E-state index contributed by atoms with van der Waals surface area (Å²) in [6.07, 6.45) is 0. The molecular formula is C18H21N3O3S. The lowest BCUT2D eigenvalue weighted by atomic mass is 10.1. The van der Waals surface area contributed by atoms with E-state index in [4.69, 9.17) is 26.4 Å². The lowest BCUT2D eigenvalue weighted by molar-refractivity contribution is 0.402. The van der Waals surface area contributed by atoms with E-state index in [9.17, 15) is 0 Å². The Balaban J connectivity index is 2.11. The molecule has 0 radical (unpaired) electrons. The molecule has 0 aromatic heterocycles. The molecule has 2 aromatic carbocycles. The van der Waals surface area contributed by atoms with Crippen LogP contribution in [-0.2, 0) is 0 Å². The van der Waals surface area contributed by atoms with Gasteiger partial charge in [0.15, 0.2) is 5.11 Å². The van der Waals surface area contributed by atoms with E-state index in [1.807, 2.05) is 49.4 Å². The maximum Gasteiger partial charge on any atom is 0.191 e. The zero-order valence-electron chi connectivity index (χ0n) is 14.6. The van der Waals surface area contributed by atoms with E-state index in [0.717, 1.165) is 17.0 Å². The second-order valence-corrected chi connectivity index (χ2v) is 5.44. The lowest BCUT2D eigenvalue weighted by Gasteiger charge is -2.13. The molecule has 0 amide bonds. The molecule has 0 saturated carbocycles. The summed E-state index contributed by atoms with van der Waals surface area (Å²) in [7, 11) is 4.83. The molecule has 2 rings (SSSR count). The number of hydrazone groups is 1. The number of hydrogen-bond acceptors (Lipinski definition) is 5. The molecule has 132 valence electrons. The molecule has 0 atom stereocenters. The number of thiocarbonyl (C=S) groups is 1. The highest BCUT2D eigenvalue weighted by atomic mass is 32.1. The van der Waals surface area contributed by atoms with E-state index in [-0.39, 0.29) is 0 Å². The number of nitrogens with one attached hydrogen (secondary N) is 2. The fraction of sp³-hybridized carbons (Fsp3) is 0.222. The van der Waals surface area contributed by atoms with Crippen LogP contribution in [0, 0.1) is 0 Å². The number of methoxy groups -OCH3 is 3. The SMILES string of the molecule is COc1ccc(OC)c(/C(C)=N\NC(=S)Nc2ccccc2OC)c1. The molecule has 0 saturated heterocycles. The van der Waals surface area contributed by atoms with Gasteiger partial charge in [-0.15, -0.1) is 0 Å². The van der Waals surface area contributed by atoms with Crippen LogP contribution in [0.25, 0.3) is 0 Å². The molecule has 0 spiro atoms. The van der Waals surface area contributed by atoms with Gasteiger partial charge in [-0.3, -0.25) is 5.43 Å². The van der Waals surface area contributed by atoms with Crippen molar-refractivity contribution < 1.29 is 14.2 Å². The van der Waals surface area contributed by atoms with Crippen LogP contribution in [0.5, 0.6) is 17.2 Å². The van der Waals surface area contributed by atoms with Gasteiger partial charge in [0, 0.05) is 5.56 Å². The molecule has 0 unspecified atom stereocenters. The molecule has 25 heavy (non-hydrogen) atoms. The van der Waals surface area contributed by atoms with Gasteiger partial charge in [-0.1, -0.05) is 12.1 Å². The van der Waals surface area contributed by atoms with Crippen LogP contribution in [0.4, 0.5) is 5.69 Å². The molecule has 0 aliphatic carbocycles. The number of ether oxygens (including phenoxy) is 3. The Kier molecular flexibility index (Phi) is 6.59. The zero-order chi connectivity index (χ0) is 18.2. The highest BCUT2D eigenvalue weighted by molar-refractivity contribution is 7.80. The summed E-state index contributed by atoms with van der Waals surface area (Å²) in [6.45, 7) is 1.86. The minimum absolute atomic E-state index is 0.353. The summed E-state index contributed by atoms with van der Waals surface area (Å²) in [4.78, 5) is 0. The van der Waals surface area contributed by atoms with Crippen molar-refractivity contribution in [3.8, 4) is 17.2 Å². The predicted octanol–water partition coefficient (Wildman–Crippen LogP) is 3.42. The second-order valence-electron chi connectivity index (χ2n) is 5.03. The van der Waals surface area contributed by atoms with Crippen LogP contribution in [0.2, 0.25) is 0 Å². The smallest absolute Gasteiger partial charge is 0.191 e. The lowest BCUT2D eigenvalue weighted by Crippen LogP contribution is -2.25. The Morgan fingerprint density at radius 1 is 0.960 bits per heavy atom. The normalized spacial score (nSPS) is 10.8. The van der Waals surface area contributed by atoms with Gasteiger partial charge in [0.1, 0.15) is 17.2 Å². The zero-order valence-corrected chi connectivity index (χ0v) is 15.4. The molecule has 0 bridgehead atoms. The van der Waals surface area contributed by atoms with Crippen LogP contribution in [0.1, 0.15) is 12.5 Å². The topological polar surface area (TPSA) is 64.1 Å². The minimum Gasteiger partial charge on any atom is -0.497 e. The van der Waals surface area contributed by atoms with Crippen molar-refractivity contribution in [2.45, 2.75) is 6.92 Å². The molecule has 6 nitrogen and oxygen atoms in total. The van der Waals surface area contributed by atoms with Crippen LogP contribution >= 0.6 is 12.2 Å². The largest absolute Gasteiger partial charge is 0.497 e. The maximum atomic E-state index is 5.37. The summed E-state index contributed by atoms with van der Waals surface area (Å²) in [6, 6.07) is 13.0. The Hall–Kier alpha value is -2.80. The Morgan fingerprint density at radius 2 is 1.68 bits per heavy atom. The van der Waals surface area contributed by atoms with Gasteiger partial charge in [0.25, 0.3) is 0 Å². The third-order valence-corrected chi connectivity index (χ3v) is 3.67. The molecule has 0 heterocycles. The average molecular weight is 359 g/mol. The van der Waals surface area contributed by atoms with E-state index in [0.29, 0.717) is 22.3 Å². The van der Waals surface area contributed by atoms with Crippen molar-refractivity contribution in [2.75, 3.05) is 26.6 Å². The Labute approximate surface area is 152 Å². The first kappa shape index (κ1) is 18.5. The summed E-state index contributed by atoms with van der Waals surface area (Å²) in [5.41, 5.74) is 5.11. The van der Waals surface area contributed by atoms with Gasteiger partial charge in [0.2, 0.25) is 0 Å². The minimum atomic E-state index is 0.353. The summed E-state index contributed by atoms with van der Waals surface area (Å²) in [5, 5.41) is 7.72. The first-order valence-electron chi connectivity index (χ1n) is 7.55. The third kappa shape index (κ3) is 4.84. The fourth-order valence-corrected chi connectivity index (χ4v) is 2.35. The highest BCUT2D eigenvalue weighted by Gasteiger charge is 2.09. The van der Waals surface area contributed by atoms with Crippen LogP contribution in [-0.4, -0.2) is 32.2 Å². The van der Waals surface area contributed by atoms with Crippen LogP contribution in [0.15, 0.2) is 47.6 Å². The molecule has 2 N–H and O–H groups in total. The molecular weight excluding hydrogens is 338 g/mol. The van der Waals surface area contributed by atoms with Gasteiger partial charge in [-0.05, 0) is 49.5 Å². The van der Waals surface area contributed by atoms with Gasteiger partial charge in [-0.25, -0.2) is 0 Å². The molecule has 0 aliphatic rings. The molecule has 2 aromatic rings. The summed E-state index contributed by atoms with van der Waals surface area (Å²) < 4.78 is 15.9. The number of anilines is 1. The van der Waals surface area contributed by atoms with Crippen molar-refractivity contribution in [3.05, 3.63) is 48.0 Å². The number of benzene rings is 2. The average Bonchev–Trinajstić information content (AvgIpc) is 2.65. The molecule has 0 fully saturated rings. The number of para-hydroxylation sites is 2. The third-order valence-electron chi connectivity index (χ3n) is 3.48. The monoisotopic (exact) mass is 359 g/mol. The maximum absolute atomic E-state index is 5.37.